The van der Waals surface area contributed by atoms with Gasteiger partial charge in [0.1, 0.15) is 0 Å². The predicted octanol–water partition coefficient (Wildman–Crippen LogP) is 3.12. The minimum atomic E-state index is -0.927. The molecule has 0 aliphatic carbocycles. The quantitative estimate of drug-likeness (QED) is 0.689. The van der Waals surface area contributed by atoms with Gasteiger partial charge in [0.05, 0.1) is 10.5 Å². The van der Waals surface area contributed by atoms with E-state index in [9.17, 15) is 14.9 Å². The van der Waals surface area contributed by atoms with Crippen LogP contribution in [-0.4, -0.2) is 47.2 Å². The lowest BCUT2D eigenvalue weighted by Gasteiger charge is -2.34. The molecule has 1 amide bonds. The van der Waals surface area contributed by atoms with Crippen molar-refractivity contribution in [3.8, 4) is 10.4 Å². The summed E-state index contributed by atoms with van der Waals surface area (Å²) in [5, 5.41) is 22.3. The molecule has 1 aliphatic rings. The fourth-order valence-corrected chi connectivity index (χ4v) is 3.42. The van der Waals surface area contributed by atoms with Crippen LogP contribution in [0.4, 0.5) is 16.2 Å². The van der Waals surface area contributed by atoms with Crippen LogP contribution in [0.3, 0.4) is 0 Å². The van der Waals surface area contributed by atoms with Gasteiger partial charge in [-0.2, -0.15) is 0 Å². The highest BCUT2D eigenvalue weighted by atomic mass is 32.1. The van der Waals surface area contributed by atoms with Crippen molar-refractivity contribution in [2.45, 2.75) is 0 Å². The van der Waals surface area contributed by atoms with Crippen LogP contribution < -0.4 is 4.90 Å². The zero-order valence-electron chi connectivity index (χ0n) is 12.2. The summed E-state index contributed by atoms with van der Waals surface area (Å²) < 4.78 is 0. The fraction of sp³-hybridized carbons (Fsp3) is 0.267. The van der Waals surface area contributed by atoms with Gasteiger partial charge in [0.15, 0.2) is 0 Å². The Morgan fingerprint density at radius 1 is 1.22 bits per heavy atom. The molecule has 120 valence electrons. The van der Waals surface area contributed by atoms with E-state index >= 15 is 0 Å². The van der Waals surface area contributed by atoms with Crippen LogP contribution in [0.25, 0.3) is 10.4 Å². The number of hydrogen-bond acceptors (Lipinski definition) is 5. The van der Waals surface area contributed by atoms with Gasteiger partial charge in [0, 0.05) is 42.8 Å². The second-order valence-electron chi connectivity index (χ2n) is 5.19. The molecular formula is C15H15N3O4S. The van der Waals surface area contributed by atoms with Crippen LogP contribution >= 0.6 is 11.3 Å². The number of nitrogens with zero attached hydrogens (tertiary/aromatic N) is 3. The summed E-state index contributed by atoms with van der Waals surface area (Å²) >= 11 is 1.46. The fourth-order valence-electron chi connectivity index (χ4n) is 2.66. The third-order valence-corrected chi connectivity index (χ3v) is 4.78. The molecule has 1 aliphatic heterocycles. The lowest BCUT2D eigenvalue weighted by Crippen LogP contribution is -2.48. The van der Waals surface area contributed by atoms with Gasteiger partial charge in [0.2, 0.25) is 0 Å². The average molecular weight is 333 g/mol. The minimum absolute atomic E-state index is 0.0746. The van der Waals surface area contributed by atoms with Gasteiger partial charge in [-0.25, -0.2) is 4.79 Å². The highest BCUT2D eigenvalue weighted by Gasteiger charge is 2.23. The lowest BCUT2D eigenvalue weighted by molar-refractivity contribution is -0.384. The number of nitro groups is 1. The zero-order chi connectivity index (χ0) is 16.4. The average Bonchev–Trinajstić information content (AvgIpc) is 3.08. The highest BCUT2D eigenvalue weighted by molar-refractivity contribution is 7.13. The van der Waals surface area contributed by atoms with Gasteiger partial charge in [0.25, 0.3) is 5.69 Å². The summed E-state index contributed by atoms with van der Waals surface area (Å²) in [6, 6.07) is 8.92. The number of nitro benzene ring substituents is 1. The van der Waals surface area contributed by atoms with Crippen molar-refractivity contribution in [1.82, 2.24) is 4.90 Å². The van der Waals surface area contributed by atoms with Crippen molar-refractivity contribution in [3.05, 3.63) is 45.8 Å². The van der Waals surface area contributed by atoms with Crippen molar-refractivity contribution in [2.75, 3.05) is 31.1 Å². The minimum Gasteiger partial charge on any atom is -0.465 e. The first-order valence-electron chi connectivity index (χ1n) is 7.11. The standard InChI is InChI=1S/C15H15N3O4S/c19-15(20)17-7-5-16(6-8-17)11-3-4-12(13(10-11)18(21)22)14-2-1-9-23-14/h1-4,9-10H,5-8H2,(H,19,20). The summed E-state index contributed by atoms with van der Waals surface area (Å²) in [4.78, 5) is 26.2. The van der Waals surface area contributed by atoms with Crippen LogP contribution in [0.5, 0.6) is 0 Å². The molecule has 8 heteroatoms. The molecule has 1 N–H and O–H groups in total. The van der Waals surface area contributed by atoms with Gasteiger partial charge in [-0.1, -0.05) is 6.07 Å². The van der Waals surface area contributed by atoms with E-state index in [1.165, 1.54) is 16.2 Å². The van der Waals surface area contributed by atoms with Gasteiger partial charge in [-0.3, -0.25) is 10.1 Å². The van der Waals surface area contributed by atoms with Crippen LogP contribution in [-0.2, 0) is 0 Å². The number of anilines is 1. The van der Waals surface area contributed by atoms with Crippen LogP contribution in [0, 0.1) is 10.1 Å². The Kier molecular flexibility index (Phi) is 4.16. The van der Waals surface area contributed by atoms with Crippen molar-refractivity contribution < 1.29 is 14.8 Å². The first kappa shape index (κ1) is 15.3. The summed E-state index contributed by atoms with van der Waals surface area (Å²) in [6.07, 6.45) is -0.927. The number of piperazine rings is 1. The number of hydrogen-bond donors (Lipinski definition) is 1. The van der Waals surface area contributed by atoms with Gasteiger partial charge < -0.3 is 14.9 Å². The molecule has 0 radical (unpaired) electrons. The number of amides is 1. The predicted molar refractivity (Wildman–Crippen MR) is 88.2 cm³/mol. The summed E-state index contributed by atoms with van der Waals surface area (Å²) in [7, 11) is 0. The maximum atomic E-state index is 11.4. The van der Waals surface area contributed by atoms with E-state index in [1.54, 1.807) is 12.1 Å². The van der Waals surface area contributed by atoms with E-state index in [-0.39, 0.29) is 10.6 Å². The maximum Gasteiger partial charge on any atom is 0.407 e. The molecule has 1 aromatic carbocycles. The number of benzene rings is 1. The molecule has 1 saturated heterocycles. The number of rotatable bonds is 3. The second kappa shape index (κ2) is 6.25. The molecule has 7 nitrogen and oxygen atoms in total. The molecule has 0 unspecified atom stereocenters. The summed E-state index contributed by atoms with van der Waals surface area (Å²) in [5.41, 5.74) is 1.44. The van der Waals surface area contributed by atoms with Gasteiger partial charge in [-0.15, -0.1) is 11.3 Å². The molecule has 0 spiro atoms. The van der Waals surface area contributed by atoms with E-state index < -0.39 is 6.09 Å². The topological polar surface area (TPSA) is 86.9 Å². The Hall–Kier alpha value is -2.61. The zero-order valence-corrected chi connectivity index (χ0v) is 13.0. The maximum absolute atomic E-state index is 11.4. The van der Waals surface area contributed by atoms with Gasteiger partial charge >= 0.3 is 6.09 Å². The van der Waals surface area contributed by atoms with E-state index in [4.69, 9.17) is 5.11 Å². The van der Waals surface area contributed by atoms with Crippen LogP contribution in [0.2, 0.25) is 0 Å². The Bertz CT molecular complexity index is 724. The first-order chi connectivity index (χ1) is 11.1. The molecule has 2 heterocycles. The molecular weight excluding hydrogens is 318 g/mol. The van der Waals surface area contributed by atoms with E-state index in [0.717, 1.165) is 10.6 Å². The summed E-state index contributed by atoms with van der Waals surface area (Å²) in [6.45, 7) is 1.86. The van der Waals surface area contributed by atoms with E-state index in [2.05, 4.69) is 0 Å². The SMILES string of the molecule is O=C(O)N1CCN(c2ccc(-c3cccs3)c([N+](=O)[O-])c2)CC1. The monoisotopic (exact) mass is 333 g/mol. The molecule has 3 rings (SSSR count). The summed E-state index contributed by atoms with van der Waals surface area (Å²) in [5.74, 6) is 0. The van der Waals surface area contributed by atoms with Crippen LogP contribution in [0.1, 0.15) is 0 Å². The van der Waals surface area contributed by atoms with Crippen molar-refractivity contribution in [1.29, 1.82) is 0 Å². The Morgan fingerprint density at radius 3 is 2.52 bits per heavy atom. The highest BCUT2D eigenvalue weighted by Crippen LogP contribution is 2.36. The van der Waals surface area contributed by atoms with Crippen LogP contribution in [0.15, 0.2) is 35.7 Å². The smallest absolute Gasteiger partial charge is 0.407 e. The van der Waals surface area contributed by atoms with Crippen molar-refractivity contribution in [3.63, 3.8) is 0 Å². The van der Waals surface area contributed by atoms with Gasteiger partial charge in [-0.05, 0) is 23.6 Å². The van der Waals surface area contributed by atoms with E-state index in [1.807, 2.05) is 28.5 Å². The third kappa shape index (κ3) is 3.11. The molecule has 2 aromatic rings. The Morgan fingerprint density at radius 2 is 1.96 bits per heavy atom. The largest absolute Gasteiger partial charge is 0.465 e. The molecule has 0 saturated carbocycles. The Labute approximate surface area is 136 Å². The number of carbonyl (C=O) groups is 1. The number of carboxylic acid groups (broad SMARTS) is 1. The first-order valence-corrected chi connectivity index (χ1v) is 7.99. The second-order valence-corrected chi connectivity index (χ2v) is 6.14. The molecule has 23 heavy (non-hydrogen) atoms. The molecule has 1 fully saturated rings. The normalized spacial score (nSPS) is 14.8. The Balaban J connectivity index is 1.86. The van der Waals surface area contributed by atoms with Crippen molar-refractivity contribution in [2.24, 2.45) is 0 Å². The van der Waals surface area contributed by atoms with E-state index in [0.29, 0.717) is 31.7 Å². The van der Waals surface area contributed by atoms with Crippen molar-refractivity contribution >= 4 is 28.8 Å². The molecule has 1 aromatic heterocycles. The molecule has 0 atom stereocenters. The third-order valence-electron chi connectivity index (χ3n) is 3.88. The molecule has 0 bridgehead atoms. The number of thiophene rings is 1. The lowest BCUT2D eigenvalue weighted by atomic mass is 10.1.